The highest BCUT2D eigenvalue weighted by Crippen LogP contribution is 2.17. The number of ether oxygens (including phenoxy) is 1. The van der Waals surface area contributed by atoms with Crippen molar-refractivity contribution in [3.05, 3.63) is 72.1 Å². The SMILES string of the molecule is Cc1nn(-c2ccccc2)cc1CCCN=C(N)Nc1ccc(OC(C)C)cc1.I. The summed E-state index contributed by atoms with van der Waals surface area (Å²) in [6.45, 7) is 6.71. The summed E-state index contributed by atoms with van der Waals surface area (Å²) < 4.78 is 7.57. The van der Waals surface area contributed by atoms with E-state index in [0.717, 1.165) is 35.7 Å². The second-order valence-electron chi connectivity index (χ2n) is 7.21. The van der Waals surface area contributed by atoms with Gasteiger partial charge in [0.25, 0.3) is 0 Å². The molecule has 1 heterocycles. The number of aryl methyl sites for hydroxylation is 2. The summed E-state index contributed by atoms with van der Waals surface area (Å²) in [4.78, 5) is 4.42. The third-order valence-corrected chi connectivity index (χ3v) is 4.41. The van der Waals surface area contributed by atoms with E-state index in [9.17, 15) is 0 Å². The number of nitrogens with two attached hydrogens (primary N) is 1. The van der Waals surface area contributed by atoms with Crippen LogP contribution in [0.5, 0.6) is 5.75 Å². The Hall–Kier alpha value is -2.55. The average Bonchev–Trinajstić information content (AvgIpc) is 3.08. The minimum absolute atomic E-state index is 0. The van der Waals surface area contributed by atoms with E-state index in [2.05, 4.69) is 21.6 Å². The van der Waals surface area contributed by atoms with E-state index in [1.54, 1.807) is 0 Å². The molecular weight excluding hydrogens is 489 g/mol. The molecule has 0 aliphatic heterocycles. The molecule has 7 heteroatoms. The number of para-hydroxylation sites is 1. The summed E-state index contributed by atoms with van der Waals surface area (Å²) in [6.07, 6.45) is 4.07. The van der Waals surface area contributed by atoms with Gasteiger partial charge in [-0.1, -0.05) is 18.2 Å². The summed E-state index contributed by atoms with van der Waals surface area (Å²) in [7, 11) is 0. The first-order chi connectivity index (χ1) is 14.0. The minimum atomic E-state index is 0. The Kier molecular flexibility index (Phi) is 9.16. The van der Waals surface area contributed by atoms with Gasteiger partial charge in [-0.05, 0) is 75.6 Å². The van der Waals surface area contributed by atoms with E-state index in [4.69, 9.17) is 10.5 Å². The van der Waals surface area contributed by atoms with Gasteiger partial charge in [0, 0.05) is 18.4 Å². The monoisotopic (exact) mass is 519 g/mol. The van der Waals surface area contributed by atoms with Crippen molar-refractivity contribution in [3.63, 3.8) is 0 Å². The Balaban J connectivity index is 0.00000320. The summed E-state index contributed by atoms with van der Waals surface area (Å²) in [5, 5.41) is 7.72. The summed E-state index contributed by atoms with van der Waals surface area (Å²) in [5.41, 5.74) is 10.2. The van der Waals surface area contributed by atoms with Crippen LogP contribution in [0, 0.1) is 6.92 Å². The smallest absolute Gasteiger partial charge is 0.193 e. The molecule has 3 aromatic rings. The fraction of sp³-hybridized carbons (Fsp3) is 0.304. The zero-order valence-electron chi connectivity index (χ0n) is 17.7. The van der Waals surface area contributed by atoms with Crippen LogP contribution in [0.2, 0.25) is 0 Å². The van der Waals surface area contributed by atoms with Crippen LogP contribution in [0.4, 0.5) is 5.69 Å². The average molecular weight is 519 g/mol. The minimum Gasteiger partial charge on any atom is -0.491 e. The number of hydrogen-bond acceptors (Lipinski definition) is 3. The van der Waals surface area contributed by atoms with E-state index in [-0.39, 0.29) is 30.1 Å². The zero-order valence-corrected chi connectivity index (χ0v) is 20.0. The van der Waals surface area contributed by atoms with Crippen molar-refractivity contribution >= 4 is 35.6 Å². The van der Waals surface area contributed by atoms with Crippen molar-refractivity contribution in [2.24, 2.45) is 10.7 Å². The van der Waals surface area contributed by atoms with E-state index in [1.807, 2.05) is 80.1 Å². The van der Waals surface area contributed by atoms with Gasteiger partial charge < -0.3 is 15.8 Å². The lowest BCUT2D eigenvalue weighted by atomic mass is 10.1. The second-order valence-corrected chi connectivity index (χ2v) is 7.21. The number of halogens is 1. The van der Waals surface area contributed by atoms with Gasteiger partial charge >= 0.3 is 0 Å². The summed E-state index contributed by atoms with van der Waals surface area (Å²) in [6, 6.07) is 17.8. The van der Waals surface area contributed by atoms with E-state index in [0.29, 0.717) is 12.5 Å². The van der Waals surface area contributed by atoms with Gasteiger partial charge in [0.15, 0.2) is 5.96 Å². The van der Waals surface area contributed by atoms with Gasteiger partial charge in [-0.3, -0.25) is 4.99 Å². The van der Waals surface area contributed by atoms with Crippen LogP contribution in [-0.4, -0.2) is 28.4 Å². The summed E-state index contributed by atoms with van der Waals surface area (Å²) >= 11 is 0. The Morgan fingerprint density at radius 1 is 1.13 bits per heavy atom. The first-order valence-electron chi connectivity index (χ1n) is 9.95. The molecule has 1 aromatic heterocycles. The van der Waals surface area contributed by atoms with Crippen molar-refractivity contribution in [2.75, 3.05) is 11.9 Å². The van der Waals surface area contributed by atoms with Gasteiger partial charge in [0.05, 0.1) is 17.5 Å². The van der Waals surface area contributed by atoms with Crippen LogP contribution < -0.4 is 15.8 Å². The topological polar surface area (TPSA) is 77.5 Å². The molecule has 0 bridgehead atoms. The van der Waals surface area contributed by atoms with Crippen LogP contribution >= 0.6 is 24.0 Å². The van der Waals surface area contributed by atoms with E-state index >= 15 is 0 Å². The molecular formula is C23H30IN5O. The Labute approximate surface area is 195 Å². The number of aromatic nitrogens is 2. The maximum atomic E-state index is 6.01. The van der Waals surface area contributed by atoms with Gasteiger partial charge in [-0.2, -0.15) is 5.10 Å². The molecule has 0 spiro atoms. The molecule has 3 rings (SSSR count). The number of guanidine groups is 1. The molecule has 0 unspecified atom stereocenters. The Bertz CT molecular complexity index is 936. The standard InChI is InChI=1S/C23H29N5O.HI/c1-17(2)29-22-13-11-20(12-14-22)26-23(24)25-15-7-8-19-16-28(27-18(19)3)21-9-5-4-6-10-21;/h4-6,9-14,16-17H,7-8,15H2,1-3H3,(H3,24,25,26);1H. The predicted octanol–water partition coefficient (Wildman–Crippen LogP) is 4.95. The van der Waals surface area contributed by atoms with Crippen LogP contribution in [0.1, 0.15) is 31.5 Å². The highest BCUT2D eigenvalue weighted by Gasteiger charge is 2.06. The number of rotatable bonds is 8. The lowest BCUT2D eigenvalue weighted by Crippen LogP contribution is -2.22. The molecule has 160 valence electrons. The van der Waals surface area contributed by atoms with E-state index < -0.39 is 0 Å². The van der Waals surface area contributed by atoms with E-state index in [1.165, 1.54) is 5.56 Å². The summed E-state index contributed by atoms with van der Waals surface area (Å²) in [5.74, 6) is 1.26. The molecule has 0 amide bonds. The van der Waals surface area contributed by atoms with Crippen molar-refractivity contribution in [2.45, 2.75) is 39.7 Å². The number of benzene rings is 2. The number of hydrogen-bond donors (Lipinski definition) is 2. The molecule has 0 aliphatic rings. The Morgan fingerprint density at radius 3 is 2.50 bits per heavy atom. The number of nitrogens with zero attached hydrogens (tertiary/aromatic N) is 3. The molecule has 0 atom stereocenters. The third kappa shape index (κ3) is 7.05. The molecule has 2 aromatic carbocycles. The van der Waals surface area contributed by atoms with Crippen LogP contribution in [-0.2, 0) is 6.42 Å². The first kappa shape index (κ1) is 23.7. The maximum absolute atomic E-state index is 6.01. The van der Waals surface area contributed by atoms with Gasteiger partial charge in [-0.25, -0.2) is 4.68 Å². The highest BCUT2D eigenvalue weighted by atomic mass is 127. The molecule has 0 saturated carbocycles. The van der Waals surface area contributed by atoms with Crippen LogP contribution in [0.25, 0.3) is 5.69 Å². The van der Waals surface area contributed by atoms with Crippen LogP contribution in [0.15, 0.2) is 65.8 Å². The predicted molar refractivity (Wildman–Crippen MR) is 134 cm³/mol. The second kappa shape index (κ2) is 11.6. The fourth-order valence-electron chi connectivity index (χ4n) is 3.00. The van der Waals surface area contributed by atoms with Gasteiger partial charge in [0.1, 0.15) is 5.75 Å². The largest absolute Gasteiger partial charge is 0.491 e. The quantitative estimate of drug-likeness (QED) is 0.191. The zero-order chi connectivity index (χ0) is 20.6. The Morgan fingerprint density at radius 2 is 1.83 bits per heavy atom. The number of nitrogens with one attached hydrogen (secondary N) is 1. The normalized spacial score (nSPS) is 11.3. The van der Waals surface area contributed by atoms with Crippen molar-refractivity contribution in [3.8, 4) is 11.4 Å². The third-order valence-electron chi connectivity index (χ3n) is 4.41. The number of anilines is 1. The molecule has 30 heavy (non-hydrogen) atoms. The lowest BCUT2D eigenvalue weighted by molar-refractivity contribution is 0.242. The fourth-order valence-corrected chi connectivity index (χ4v) is 3.00. The highest BCUT2D eigenvalue weighted by molar-refractivity contribution is 14.0. The van der Waals surface area contributed by atoms with Gasteiger partial charge in [-0.15, -0.1) is 24.0 Å². The molecule has 0 fully saturated rings. The van der Waals surface area contributed by atoms with Crippen molar-refractivity contribution in [1.29, 1.82) is 0 Å². The molecule has 0 aliphatic carbocycles. The molecule has 0 radical (unpaired) electrons. The van der Waals surface area contributed by atoms with Crippen molar-refractivity contribution < 1.29 is 4.74 Å². The number of aliphatic imine (C=N–C) groups is 1. The van der Waals surface area contributed by atoms with Gasteiger partial charge in [0.2, 0.25) is 0 Å². The molecule has 0 saturated heterocycles. The molecule has 6 nitrogen and oxygen atoms in total. The lowest BCUT2D eigenvalue weighted by Gasteiger charge is -2.10. The van der Waals surface area contributed by atoms with Crippen LogP contribution in [0.3, 0.4) is 0 Å². The first-order valence-corrected chi connectivity index (χ1v) is 9.95. The molecule has 3 N–H and O–H groups in total. The van der Waals surface area contributed by atoms with Crippen molar-refractivity contribution in [1.82, 2.24) is 9.78 Å². The maximum Gasteiger partial charge on any atom is 0.193 e.